The first-order chi connectivity index (χ1) is 14.0. The summed E-state index contributed by atoms with van der Waals surface area (Å²) < 4.78 is 17.1. The van der Waals surface area contributed by atoms with Crippen LogP contribution in [0.3, 0.4) is 0 Å². The van der Waals surface area contributed by atoms with Crippen molar-refractivity contribution in [2.24, 2.45) is 0 Å². The number of thiazole rings is 1. The van der Waals surface area contributed by atoms with Crippen molar-refractivity contribution in [1.29, 1.82) is 0 Å². The third-order valence-corrected chi connectivity index (χ3v) is 5.43. The summed E-state index contributed by atoms with van der Waals surface area (Å²) in [4.78, 5) is 17.0. The van der Waals surface area contributed by atoms with E-state index in [0.29, 0.717) is 23.1 Å². The van der Waals surface area contributed by atoms with E-state index < -0.39 is 0 Å². The highest BCUT2D eigenvalue weighted by Gasteiger charge is 2.12. The van der Waals surface area contributed by atoms with E-state index >= 15 is 0 Å². The first-order valence-electron chi connectivity index (χ1n) is 8.94. The summed E-state index contributed by atoms with van der Waals surface area (Å²) in [5.74, 6) is 1.93. The maximum Gasteiger partial charge on any atom is 0.257 e. The van der Waals surface area contributed by atoms with Crippen LogP contribution in [0, 0.1) is 13.8 Å². The quantitative estimate of drug-likeness (QED) is 0.495. The number of aromatic nitrogens is 2. The molecular formula is C21H19N3O4S. The average molecular weight is 409 g/mol. The molecule has 0 atom stereocenters. The molecule has 0 spiro atoms. The van der Waals surface area contributed by atoms with Crippen LogP contribution in [-0.4, -0.2) is 23.2 Å². The first-order valence-corrected chi connectivity index (χ1v) is 9.75. The van der Waals surface area contributed by atoms with E-state index in [1.165, 1.54) is 11.3 Å². The number of nitrogens with zero attached hydrogens (tertiary/aromatic N) is 2. The maximum absolute atomic E-state index is 12.5. The Morgan fingerprint density at radius 3 is 2.59 bits per heavy atom. The molecule has 0 bridgehead atoms. The smallest absolute Gasteiger partial charge is 0.257 e. The molecule has 0 aliphatic rings. The topological polar surface area (TPSA) is 86.5 Å². The van der Waals surface area contributed by atoms with Gasteiger partial charge in [0, 0.05) is 5.56 Å². The normalized spacial score (nSPS) is 10.9. The standard InChI is InChI=1S/C21H19N3O4S/c1-12-17(13(2)28-24-12)11-27-15-6-4-14(5-7-15)20(25)23-21-22-18-9-8-16(26-3)10-19(18)29-21/h4-10H,11H2,1-3H3,(H,22,23,25). The summed E-state index contributed by atoms with van der Waals surface area (Å²) in [6, 6.07) is 12.6. The molecular weight excluding hydrogens is 390 g/mol. The molecule has 0 radical (unpaired) electrons. The minimum atomic E-state index is -0.228. The summed E-state index contributed by atoms with van der Waals surface area (Å²) >= 11 is 1.40. The lowest BCUT2D eigenvalue weighted by Crippen LogP contribution is -2.11. The Bertz CT molecular complexity index is 1150. The number of nitrogens with one attached hydrogen (secondary N) is 1. The fourth-order valence-corrected chi connectivity index (χ4v) is 3.71. The largest absolute Gasteiger partial charge is 0.497 e. The van der Waals surface area contributed by atoms with Crippen LogP contribution in [0.25, 0.3) is 10.2 Å². The van der Waals surface area contributed by atoms with Crippen molar-refractivity contribution in [2.75, 3.05) is 12.4 Å². The van der Waals surface area contributed by atoms with Gasteiger partial charge in [0.15, 0.2) is 5.13 Å². The molecule has 0 aliphatic heterocycles. The monoisotopic (exact) mass is 409 g/mol. The van der Waals surface area contributed by atoms with Gasteiger partial charge in [-0.05, 0) is 56.3 Å². The molecule has 1 N–H and O–H groups in total. The van der Waals surface area contributed by atoms with Crippen molar-refractivity contribution < 1.29 is 18.8 Å². The van der Waals surface area contributed by atoms with Crippen molar-refractivity contribution in [3.8, 4) is 11.5 Å². The molecule has 0 fully saturated rings. The van der Waals surface area contributed by atoms with E-state index in [1.807, 2.05) is 32.0 Å². The predicted octanol–water partition coefficient (Wildman–Crippen LogP) is 4.74. The van der Waals surface area contributed by atoms with E-state index in [1.54, 1.807) is 31.4 Å². The van der Waals surface area contributed by atoms with Crippen LogP contribution < -0.4 is 14.8 Å². The van der Waals surface area contributed by atoms with E-state index in [9.17, 15) is 4.79 Å². The molecule has 7 nitrogen and oxygen atoms in total. The van der Waals surface area contributed by atoms with Gasteiger partial charge in [-0.15, -0.1) is 0 Å². The van der Waals surface area contributed by atoms with Gasteiger partial charge in [-0.2, -0.15) is 0 Å². The maximum atomic E-state index is 12.5. The Morgan fingerprint density at radius 1 is 1.14 bits per heavy atom. The summed E-state index contributed by atoms with van der Waals surface area (Å²) in [5, 5.41) is 7.29. The fourth-order valence-electron chi connectivity index (χ4n) is 2.82. The Kier molecular flexibility index (Phi) is 5.18. The number of rotatable bonds is 6. The third kappa shape index (κ3) is 4.07. The molecule has 2 aromatic heterocycles. The lowest BCUT2D eigenvalue weighted by Gasteiger charge is -2.07. The zero-order valence-corrected chi connectivity index (χ0v) is 17.0. The number of carbonyl (C=O) groups excluding carboxylic acids is 1. The van der Waals surface area contributed by atoms with Gasteiger partial charge in [-0.25, -0.2) is 4.98 Å². The molecule has 0 saturated heterocycles. The zero-order chi connectivity index (χ0) is 20.4. The Morgan fingerprint density at radius 2 is 1.90 bits per heavy atom. The number of methoxy groups -OCH3 is 1. The molecule has 0 aliphatic carbocycles. The van der Waals surface area contributed by atoms with Crippen molar-refractivity contribution in [2.45, 2.75) is 20.5 Å². The number of anilines is 1. The zero-order valence-electron chi connectivity index (χ0n) is 16.2. The van der Waals surface area contributed by atoms with Crippen LogP contribution in [0.5, 0.6) is 11.5 Å². The number of carbonyl (C=O) groups is 1. The number of benzene rings is 2. The molecule has 29 heavy (non-hydrogen) atoms. The van der Waals surface area contributed by atoms with Gasteiger partial charge in [0.2, 0.25) is 0 Å². The Labute approximate surface area is 171 Å². The molecule has 4 aromatic rings. The van der Waals surface area contributed by atoms with Crippen molar-refractivity contribution in [3.05, 3.63) is 65.0 Å². The highest BCUT2D eigenvalue weighted by Crippen LogP contribution is 2.29. The number of hydrogen-bond acceptors (Lipinski definition) is 7. The second kappa shape index (κ2) is 7.92. The second-order valence-electron chi connectivity index (χ2n) is 6.42. The van der Waals surface area contributed by atoms with Gasteiger partial charge in [-0.1, -0.05) is 16.5 Å². The van der Waals surface area contributed by atoms with Crippen LogP contribution in [0.1, 0.15) is 27.4 Å². The van der Waals surface area contributed by atoms with Crippen LogP contribution in [0.2, 0.25) is 0 Å². The van der Waals surface area contributed by atoms with Crippen LogP contribution >= 0.6 is 11.3 Å². The third-order valence-electron chi connectivity index (χ3n) is 4.50. The van der Waals surface area contributed by atoms with Crippen LogP contribution in [-0.2, 0) is 6.61 Å². The van der Waals surface area contributed by atoms with E-state index in [-0.39, 0.29) is 5.91 Å². The van der Waals surface area contributed by atoms with Crippen LogP contribution in [0.15, 0.2) is 47.0 Å². The Balaban J connectivity index is 1.41. The summed E-state index contributed by atoms with van der Waals surface area (Å²) in [5.41, 5.74) is 3.08. The van der Waals surface area contributed by atoms with Gasteiger partial charge in [0.05, 0.1) is 28.6 Å². The summed E-state index contributed by atoms with van der Waals surface area (Å²) in [6.45, 7) is 4.09. The highest BCUT2D eigenvalue weighted by atomic mass is 32.1. The minimum absolute atomic E-state index is 0.228. The molecule has 2 aromatic carbocycles. The molecule has 4 rings (SSSR count). The van der Waals surface area contributed by atoms with Gasteiger partial charge in [0.1, 0.15) is 23.9 Å². The molecule has 1 amide bonds. The number of amides is 1. The number of fused-ring (bicyclic) bond motifs is 1. The summed E-state index contributed by atoms with van der Waals surface area (Å²) in [6.07, 6.45) is 0. The van der Waals surface area contributed by atoms with E-state index in [0.717, 1.165) is 33.0 Å². The summed E-state index contributed by atoms with van der Waals surface area (Å²) in [7, 11) is 1.62. The van der Waals surface area contributed by atoms with Gasteiger partial charge >= 0.3 is 0 Å². The van der Waals surface area contributed by atoms with Gasteiger partial charge in [0.25, 0.3) is 5.91 Å². The fraction of sp³-hybridized carbons (Fsp3) is 0.190. The van der Waals surface area contributed by atoms with Crippen LogP contribution in [0.4, 0.5) is 5.13 Å². The number of hydrogen-bond donors (Lipinski definition) is 1. The lowest BCUT2D eigenvalue weighted by molar-refractivity contribution is 0.102. The SMILES string of the molecule is COc1ccc2nc(NC(=O)c3ccc(OCc4c(C)noc4C)cc3)sc2c1. The molecule has 148 valence electrons. The molecule has 8 heteroatoms. The Hall–Kier alpha value is -3.39. The molecule has 0 unspecified atom stereocenters. The second-order valence-corrected chi connectivity index (χ2v) is 7.45. The first kappa shape index (κ1) is 18.9. The average Bonchev–Trinajstić information content (AvgIpc) is 3.28. The highest BCUT2D eigenvalue weighted by molar-refractivity contribution is 7.22. The van der Waals surface area contributed by atoms with E-state index in [2.05, 4.69) is 15.5 Å². The molecule has 2 heterocycles. The number of ether oxygens (including phenoxy) is 2. The molecule has 0 saturated carbocycles. The minimum Gasteiger partial charge on any atom is -0.497 e. The van der Waals surface area contributed by atoms with Crippen molar-refractivity contribution in [3.63, 3.8) is 0 Å². The predicted molar refractivity (Wildman–Crippen MR) is 111 cm³/mol. The lowest BCUT2D eigenvalue weighted by atomic mass is 10.2. The van der Waals surface area contributed by atoms with Gasteiger partial charge in [-0.3, -0.25) is 10.1 Å². The van der Waals surface area contributed by atoms with E-state index in [4.69, 9.17) is 14.0 Å². The van der Waals surface area contributed by atoms with Crippen molar-refractivity contribution >= 4 is 32.6 Å². The van der Waals surface area contributed by atoms with Gasteiger partial charge < -0.3 is 14.0 Å². The van der Waals surface area contributed by atoms with Crippen molar-refractivity contribution in [1.82, 2.24) is 10.1 Å². The number of aryl methyl sites for hydroxylation is 2.